The number of nitrogens with zero attached hydrogens (tertiary/aromatic N) is 2. The van der Waals surface area contributed by atoms with Crippen molar-refractivity contribution in [2.75, 3.05) is 4.90 Å². The van der Waals surface area contributed by atoms with Gasteiger partial charge in [0.2, 0.25) is 0 Å². The fourth-order valence-electron chi connectivity index (χ4n) is 8.94. The van der Waals surface area contributed by atoms with E-state index in [4.69, 9.17) is 4.42 Å². The van der Waals surface area contributed by atoms with Gasteiger partial charge in [-0.1, -0.05) is 123 Å². The van der Waals surface area contributed by atoms with E-state index < -0.39 is 0 Å². The van der Waals surface area contributed by atoms with Gasteiger partial charge >= 0.3 is 0 Å². The van der Waals surface area contributed by atoms with E-state index in [0.717, 1.165) is 50.2 Å². The van der Waals surface area contributed by atoms with Crippen LogP contribution in [0.1, 0.15) is 25.0 Å². The van der Waals surface area contributed by atoms with Gasteiger partial charge in [-0.3, -0.25) is 0 Å². The molecule has 0 fully saturated rings. The van der Waals surface area contributed by atoms with Crippen molar-refractivity contribution in [3.63, 3.8) is 0 Å². The van der Waals surface area contributed by atoms with Crippen LogP contribution in [0.4, 0.5) is 17.1 Å². The number of para-hydroxylation sites is 3. The minimum atomic E-state index is -0.0462. The average molecular weight is 693 g/mol. The Balaban J connectivity index is 1.08. The lowest BCUT2D eigenvalue weighted by Crippen LogP contribution is -2.14. The molecule has 0 aliphatic heterocycles. The Hall–Kier alpha value is -6.84. The molecule has 256 valence electrons. The largest absolute Gasteiger partial charge is 0.456 e. The van der Waals surface area contributed by atoms with Gasteiger partial charge in [-0.2, -0.15) is 0 Å². The first-order chi connectivity index (χ1) is 26.5. The van der Waals surface area contributed by atoms with Crippen molar-refractivity contribution in [3.8, 4) is 27.9 Å². The van der Waals surface area contributed by atoms with Crippen LogP contribution in [-0.2, 0) is 5.41 Å². The summed E-state index contributed by atoms with van der Waals surface area (Å²) in [6.07, 6.45) is 0. The van der Waals surface area contributed by atoms with Gasteiger partial charge in [-0.25, -0.2) is 0 Å². The smallest absolute Gasteiger partial charge is 0.135 e. The van der Waals surface area contributed by atoms with Crippen LogP contribution in [0.15, 0.2) is 186 Å². The van der Waals surface area contributed by atoms with Crippen LogP contribution < -0.4 is 4.90 Å². The van der Waals surface area contributed by atoms with Crippen molar-refractivity contribution in [3.05, 3.63) is 193 Å². The van der Waals surface area contributed by atoms with Gasteiger partial charge in [0.1, 0.15) is 11.2 Å². The molecule has 0 N–H and O–H groups in total. The van der Waals surface area contributed by atoms with Crippen molar-refractivity contribution >= 4 is 60.8 Å². The minimum absolute atomic E-state index is 0.0462. The molecule has 1 aliphatic carbocycles. The van der Waals surface area contributed by atoms with Gasteiger partial charge in [0, 0.05) is 49.7 Å². The number of anilines is 3. The highest BCUT2D eigenvalue weighted by molar-refractivity contribution is 6.11. The van der Waals surface area contributed by atoms with Crippen molar-refractivity contribution in [2.45, 2.75) is 19.3 Å². The van der Waals surface area contributed by atoms with E-state index in [-0.39, 0.29) is 5.41 Å². The first kappa shape index (κ1) is 30.8. The maximum Gasteiger partial charge on any atom is 0.135 e. The summed E-state index contributed by atoms with van der Waals surface area (Å²) in [4.78, 5) is 2.37. The molecule has 3 heteroatoms. The summed E-state index contributed by atoms with van der Waals surface area (Å²) >= 11 is 0. The van der Waals surface area contributed by atoms with Gasteiger partial charge < -0.3 is 13.9 Å². The molecule has 0 spiro atoms. The maximum absolute atomic E-state index is 6.26. The van der Waals surface area contributed by atoms with E-state index in [1.165, 1.54) is 49.7 Å². The van der Waals surface area contributed by atoms with E-state index in [9.17, 15) is 0 Å². The van der Waals surface area contributed by atoms with Gasteiger partial charge in [0.25, 0.3) is 0 Å². The molecule has 11 rings (SSSR count). The minimum Gasteiger partial charge on any atom is -0.456 e. The average Bonchev–Trinajstić information content (AvgIpc) is 3.83. The number of furan rings is 1. The quantitative estimate of drug-likeness (QED) is 0.179. The lowest BCUT2D eigenvalue weighted by Gasteiger charge is -2.26. The van der Waals surface area contributed by atoms with Crippen LogP contribution in [0.5, 0.6) is 0 Å². The maximum atomic E-state index is 6.26. The standard InChI is InChI=1S/C51H36N2O/c1-51(2)45-17-9-6-14-39(45)40-27-22-34(30-46(40)51)33-20-23-36(24-21-33)52(37-26-29-50-44(31-37)43-16-8-11-19-49(43)54-50)38-25-28-42-41-15-7-10-18-47(41)53(48(42)32-38)35-12-4-3-5-13-35/h3-32H,1-2H3. The van der Waals surface area contributed by atoms with E-state index >= 15 is 0 Å². The number of aromatic nitrogens is 1. The molecule has 0 bridgehead atoms. The van der Waals surface area contributed by atoms with Crippen LogP contribution >= 0.6 is 0 Å². The predicted octanol–water partition coefficient (Wildman–Crippen LogP) is 14.1. The fraction of sp³-hybridized carbons (Fsp3) is 0.0588. The molecular formula is C51H36N2O. The van der Waals surface area contributed by atoms with Gasteiger partial charge in [0.05, 0.1) is 11.0 Å². The van der Waals surface area contributed by atoms with Crippen molar-refractivity contribution in [2.24, 2.45) is 0 Å². The van der Waals surface area contributed by atoms with Crippen LogP contribution in [0.25, 0.3) is 71.7 Å². The number of hydrogen-bond donors (Lipinski definition) is 0. The zero-order chi connectivity index (χ0) is 36.0. The van der Waals surface area contributed by atoms with E-state index in [2.05, 4.69) is 193 Å². The number of fused-ring (bicyclic) bond motifs is 9. The Morgan fingerprint density at radius 1 is 0.426 bits per heavy atom. The lowest BCUT2D eigenvalue weighted by molar-refractivity contribution is 0.660. The molecule has 0 radical (unpaired) electrons. The molecule has 3 nitrogen and oxygen atoms in total. The third-order valence-corrected chi connectivity index (χ3v) is 11.6. The summed E-state index contributed by atoms with van der Waals surface area (Å²) in [5.74, 6) is 0. The summed E-state index contributed by atoms with van der Waals surface area (Å²) in [7, 11) is 0. The number of benzene rings is 8. The molecule has 8 aromatic carbocycles. The molecule has 0 atom stereocenters. The Labute approximate surface area is 314 Å². The topological polar surface area (TPSA) is 21.3 Å². The highest BCUT2D eigenvalue weighted by Crippen LogP contribution is 2.50. The molecule has 10 aromatic rings. The van der Waals surface area contributed by atoms with Crippen LogP contribution in [-0.4, -0.2) is 4.57 Å². The first-order valence-electron chi connectivity index (χ1n) is 18.7. The second-order valence-electron chi connectivity index (χ2n) is 15.0. The highest BCUT2D eigenvalue weighted by Gasteiger charge is 2.35. The Morgan fingerprint density at radius 3 is 1.93 bits per heavy atom. The molecule has 0 amide bonds. The predicted molar refractivity (Wildman–Crippen MR) is 226 cm³/mol. The Morgan fingerprint density at radius 2 is 1.06 bits per heavy atom. The van der Waals surface area contributed by atoms with E-state index in [1.807, 2.05) is 12.1 Å². The van der Waals surface area contributed by atoms with Gasteiger partial charge in [-0.05, 0) is 106 Å². The summed E-state index contributed by atoms with van der Waals surface area (Å²) in [6, 6.07) is 66.0. The summed E-state index contributed by atoms with van der Waals surface area (Å²) in [6.45, 7) is 4.69. The Kier molecular flexibility index (Phi) is 6.60. The summed E-state index contributed by atoms with van der Waals surface area (Å²) in [5, 5.41) is 4.69. The van der Waals surface area contributed by atoms with Crippen LogP contribution in [0, 0.1) is 0 Å². The van der Waals surface area contributed by atoms with Gasteiger partial charge in [0.15, 0.2) is 0 Å². The molecule has 0 saturated heterocycles. The zero-order valence-corrected chi connectivity index (χ0v) is 30.1. The van der Waals surface area contributed by atoms with E-state index in [1.54, 1.807) is 0 Å². The second kappa shape index (κ2) is 11.6. The lowest BCUT2D eigenvalue weighted by atomic mass is 9.81. The van der Waals surface area contributed by atoms with Crippen LogP contribution in [0.2, 0.25) is 0 Å². The molecule has 54 heavy (non-hydrogen) atoms. The Bertz CT molecular complexity index is 3070. The number of rotatable bonds is 5. The third-order valence-electron chi connectivity index (χ3n) is 11.6. The highest BCUT2D eigenvalue weighted by atomic mass is 16.3. The molecule has 1 aliphatic rings. The normalized spacial score (nSPS) is 13.1. The SMILES string of the molecule is CC1(C)c2ccccc2-c2ccc(-c3ccc(N(c4ccc5oc6ccccc6c5c4)c4ccc5c6ccccc6n(-c6ccccc6)c5c4)cc3)cc21. The number of hydrogen-bond acceptors (Lipinski definition) is 2. The van der Waals surface area contributed by atoms with E-state index in [0.29, 0.717) is 0 Å². The second-order valence-corrected chi connectivity index (χ2v) is 15.0. The van der Waals surface area contributed by atoms with Crippen molar-refractivity contribution < 1.29 is 4.42 Å². The molecule has 2 heterocycles. The third kappa shape index (κ3) is 4.55. The van der Waals surface area contributed by atoms with Crippen molar-refractivity contribution in [1.29, 1.82) is 0 Å². The molecule has 0 saturated carbocycles. The molecule has 0 unspecified atom stereocenters. The first-order valence-corrected chi connectivity index (χ1v) is 18.7. The van der Waals surface area contributed by atoms with Gasteiger partial charge in [-0.15, -0.1) is 0 Å². The molecular weight excluding hydrogens is 657 g/mol. The zero-order valence-electron chi connectivity index (χ0n) is 30.1. The van der Waals surface area contributed by atoms with Crippen LogP contribution in [0.3, 0.4) is 0 Å². The molecule has 2 aromatic heterocycles. The summed E-state index contributed by atoms with van der Waals surface area (Å²) < 4.78 is 8.65. The fourth-order valence-corrected chi connectivity index (χ4v) is 8.94. The monoisotopic (exact) mass is 692 g/mol. The summed E-state index contributed by atoms with van der Waals surface area (Å²) in [5.41, 5.74) is 16.4. The van der Waals surface area contributed by atoms with Crippen molar-refractivity contribution in [1.82, 2.24) is 4.57 Å².